The van der Waals surface area contributed by atoms with E-state index in [1.54, 1.807) is 0 Å². The predicted molar refractivity (Wildman–Crippen MR) is 111 cm³/mol. The van der Waals surface area contributed by atoms with Crippen LogP contribution in [0.1, 0.15) is 58.9 Å². The normalized spacial score (nSPS) is 24.3. The molecule has 5 nitrogen and oxygen atoms in total. The number of rotatable bonds is 5. The summed E-state index contributed by atoms with van der Waals surface area (Å²) in [5.74, 6) is -2.70. The second-order valence-corrected chi connectivity index (χ2v) is 9.51. The summed E-state index contributed by atoms with van der Waals surface area (Å²) in [6, 6.07) is 1.31. The molecule has 36 heavy (non-hydrogen) atoms. The Labute approximate surface area is 200 Å². The van der Waals surface area contributed by atoms with E-state index in [2.05, 4.69) is 10.3 Å². The number of hydrogen-bond donors (Lipinski definition) is 1. The number of amides is 2. The van der Waals surface area contributed by atoms with Crippen LogP contribution in [0.15, 0.2) is 36.5 Å². The van der Waals surface area contributed by atoms with Gasteiger partial charge in [-0.2, -0.15) is 26.3 Å². The van der Waals surface area contributed by atoms with E-state index < -0.39 is 58.9 Å². The molecular weight excluding hydrogens is 495 g/mol. The highest BCUT2D eigenvalue weighted by Crippen LogP contribution is 2.49. The van der Waals surface area contributed by atoms with Crippen LogP contribution < -0.4 is 5.32 Å². The Morgan fingerprint density at radius 2 is 1.64 bits per heavy atom. The lowest BCUT2D eigenvalue weighted by Crippen LogP contribution is -2.49. The summed E-state index contributed by atoms with van der Waals surface area (Å²) in [5, 5.41) is 2.69. The molecule has 12 heteroatoms. The van der Waals surface area contributed by atoms with Gasteiger partial charge in [0.1, 0.15) is 17.6 Å². The quantitative estimate of drug-likeness (QED) is 0.562. The summed E-state index contributed by atoms with van der Waals surface area (Å²) >= 11 is 0. The third-order valence-corrected chi connectivity index (χ3v) is 7.00. The van der Waals surface area contributed by atoms with Gasteiger partial charge < -0.3 is 10.2 Å². The van der Waals surface area contributed by atoms with E-state index in [0.717, 1.165) is 24.4 Å². The first-order valence-electron chi connectivity index (χ1n) is 11.4. The predicted octanol–water partition coefficient (Wildman–Crippen LogP) is 5.13. The summed E-state index contributed by atoms with van der Waals surface area (Å²) in [6.45, 7) is 0. The molecule has 1 aliphatic heterocycles. The van der Waals surface area contributed by atoms with Crippen LogP contribution in [0.3, 0.4) is 0 Å². The Morgan fingerprint density at radius 1 is 0.972 bits per heavy atom. The smallest absolute Gasteiger partial charge is 0.347 e. The van der Waals surface area contributed by atoms with E-state index in [0.29, 0.717) is 31.4 Å². The number of carbonyl (C=O) groups is 2. The van der Waals surface area contributed by atoms with Crippen LogP contribution >= 0.6 is 0 Å². The van der Waals surface area contributed by atoms with Gasteiger partial charge in [0.05, 0.1) is 17.2 Å². The number of nitrogens with zero attached hydrogens (tertiary/aromatic N) is 2. The summed E-state index contributed by atoms with van der Waals surface area (Å²) < 4.78 is 92.8. The third kappa shape index (κ3) is 4.64. The molecule has 1 aromatic carbocycles. The number of nitrogens with one attached hydrogen (secondary N) is 1. The van der Waals surface area contributed by atoms with Gasteiger partial charge >= 0.3 is 12.4 Å². The summed E-state index contributed by atoms with van der Waals surface area (Å²) in [4.78, 5) is 31.3. The molecule has 2 heterocycles. The number of pyridine rings is 1. The van der Waals surface area contributed by atoms with Crippen LogP contribution in [0.5, 0.6) is 0 Å². The van der Waals surface area contributed by atoms with Crippen LogP contribution in [-0.4, -0.2) is 33.8 Å². The van der Waals surface area contributed by atoms with E-state index in [-0.39, 0.29) is 29.9 Å². The minimum atomic E-state index is -4.72. The minimum absolute atomic E-state index is 0.0117. The number of carbonyl (C=O) groups excluding carboxylic acids is 2. The van der Waals surface area contributed by atoms with Crippen molar-refractivity contribution in [2.75, 3.05) is 0 Å². The lowest BCUT2D eigenvalue weighted by atomic mass is 9.99. The first kappa shape index (κ1) is 24.5. The molecule has 1 N–H and O–H groups in total. The zero-order valence-electron chi connectivity index (χ0n) is 18.5. The van der Waals surface area contributed by atoms with E-state index >= 15 is 0 Å². The number of fused-ring (bicyclic) bond motifs is 1. The highest BCUT2D eigenvalue weighted by atomic mass is 19.4. The molecule has 2 amide bonds. The van der Waals surface area contributed by atoms with Crippen molar-refractivity contribution in [3.05, 3.63) is 64.7 Å². The zero-order chi connectivity index (χ0) is 26.0. The van der Waals surface area contributed by atoms with E-state index in [4.69, 9.17) is 0 Å². The fourth-order valence-electron chi connectivity index (χ4n) is 4.92. The molecule has 1 aromatic heterocycles. The fraction of sp³-hybridized carbons (Fsp3) is 0.458. The highest BCUT2D eigenvalue weighted by Gasteiger charge is 2.57. The summed E-state index contributed by atoms with van der Waals surface area (Å²) in [5.41, 5.74) is -2.71. The average Bonchev–Trinajstić information content (AvgIpc) is 3.74. The lowest BCUT2D eigenvalue weighted by Gasteiger charge is -2.29. The fourth-order valence-corrected chi connectivity index (χ4v) is 4.92. The standard InChI is InChI=1S/C24H20F7N3O2/c25-16-9-13(23(26,27)28)3-4-15(16)20(11-1-2-11)33-21(35)19-8-12-7-18(12)34(19)22(36)17-10-14(5-6-32-17)24(29,30)31/h3-6,9-12,18-20H,1-2,7-8H2,(H,33,35)/t12-,18-,19-,20-/m1/s1. The Balaban J connectivity index is 1.37. The topological polar surface area (TPSA) is 62.3 Å². The number of benzene rings is 1. The maximum atomic E-state index is 14.7. The van der Waals surface area contributed by atoms with Crippen molar-refractivity contribution in [3.63, 3.8) is 0 Å². The van der Waals surface area contributed by atoms with Crippen molar-refractivity contribution in [2.24, 2.45) is 11.8 Å². The first-order chi connectivity index (χ1) is 16.8. The number of alkyl halides is 6. The van der Waals surface area contributed by atoms with Crippen LogP contribution in [0.4, 0.5) is 30.7 Å². The van der Waals surface area contributed by atoms with Crippen LogP contribution in [0.2, 0.25) is 0 Å². The monoisotopic (exact) mass is 515 g/mol. The van der Waals surface area contributed by atoms with E-state index in [1.165, 1.54) is 4.90 Å². The average molecular weight is 515 g/mol. The van der Waals surface area contributed by atoms with Crippen molar-refractivity contribution in [1.82, 2.24) is 15.2 Å². The van der Waals surface area contributed by atoms with Gasteiger partial charge in [-0.3, -0.25) is 14.6 Å². The molecule has 2 aliphatic carbocycles. The Bertz CT molecular complexity index is 1210. The number of aromatic nitrogens is 1. The van der Waals surface area contributed by atoms with Gasteiger partial charge in [-0.15, -0.1) is 0 Å². The molecule has 0 radical (unpaired) electrons. The molecule has 4 atom stereocenters. The molecule has 2 aromatic rings. The highest BCUT2D eigenvalue weighted by molar-refractivity contribution is 5.97. The Morgan fingerprint density at radius 3 is 2.25 bits per heavy atom. The number of likely N-dealkylation sites (tertiary alicyclic amines) is 1. The minimum Gasteiger partial charge on any atom is -0.347 e. The van der Waals surface area contributed by atoms with Crippen LogP contribution in [-0.2, 0) is 17.1 Å². The molecule has 192 valence electrons. The SMILES string of the molecule is O=C(N[C@@H](c1ccc(C(F)(F)F)cc1F)C1CC1)[C@H]1C[C@H]2C[C@H]2N1C(=O)c1cc(C(F)(F)F)ccn1. The number of halogens is 7. The van der Waals surface area contributed by atoms with Crippen molar-refractivity contribution in [3.8, 4) is 0 Å². The molecule has 3 fully saturated rings. The Kier molecular flexibility index (Phi) is 5.75. The van der Waals surface area contributed by atoms with Gasteiger partial charge in [-0.25, -0.2) is 4.39 Å². The lowest BCUT2D eigenvalue weighted by molar-refractivity contribution is -0.138. The molecule has 0 bridgehead atoms. The zero-order valence-corrected chi connectivity index (χ0v) is 18.5. The molecule has 5 rings (SSSR count). The maximum Gasteiger partial charge on any atom is 0.416 e. The van der Waals surface area contributed by atoms with Crippen LogP contribution in [0, 0.1) is 17.7 Å². The molecule has 1 saturated heterocycles. The van der Waals surface area contributed by atoms with Crippen molar-refractivity contribution >= 4 is 11.8 Å². The van der Waals surface area contributed by atoms with Gasteiger partial charge in [0.15, 0.2) is 0 Å². The molecular formula is C24H20F7N3O2. The van der Waals surface area contributed by atoms with Gasteiger partial charge in [-0.1, -0.05) is 6.07 Å². The van der Waals surface area contributed by atoms with E-state index in [9.17, 15) is 40.3 Å². The second-order valence-electron chi connectivity index (χ2n) is 9.51. The number of piperidine rings is 1. The first-order valence-corrected chi connectivity index (χ1v) is 11.4. The van der Waals surface area contributed by atoms with Crippen molar-refractivity contribution in [1.29, 1.82) is 0 Å². The van der Waals surface area contributed by atoms with Crippen molar-refractivity contribution < 1.29 is 40.3 Å². The van der Waals surface area contributed by atoms with Gasteiger partial charge in [0, 0.05) is 17.8 Å². The number of hydrogen-bond acceptors (Lipinski definition) is 3. The maximum absolute atomic E-state index is 14.7. The van der Waals surface area contributed by atoms with E-state index in [1.807, 2.05) is 0 Å². The van der Waals surface area contributed by atoms with Gasteiger partial charge in [0.2, 0.25) is 5.91 Å². The summed E-state index contributed by atoms with van der Waals surface area (Å²) in [7, 11) is 0. The van der Waals surface area contributed by atoms with Crippen LogP contribution in [0.25, 0.3) is 0 Å². The van der Waals surface area contributed by atoms with Gasteiger partial charge in [0.25, 0.3) is 5.91 Å². The molecule has 2 saturated carbocycles. The largest absolute Gasteiger partial charge is 0.416 e. The van der Waals surface area contributed by atoms with Crippen molar-refractivity contribution in [2.45, 2.75) is 56.2 Å². The second kappa shape index (κ2) is 8.45. The summed E-state index contributed by atoms with van der Waals surface area (Å²) in [6.07, 6.45) is -6.35. The molecule has 0 unspecified atom stereocenters. The Hall–Kier alpha value is -3.18. The molecule has 3 aliphatic rings. The third-order valence-electron chi connectivity index (χ3n) is 7.00. The van der Waals surface area contributed by atoms with Gasteiger partial charge in [-0.05, 0) is 61.8 Å². The molecule has 0 spiro atoms.